The van der Waals surface area contributed by atoms with E-state index >= 15 is 0 Å². The van der Waals surface area contributed by atoms with Gasteiger partial charge in [-0.15, -0.1) is 6.58 Å². The Hall–Kier alpha value is -0.510. The van der Waals surface area contributed by atoms with E-state index in [4.69, 9.17) is 14.2 Å². The van der Waals surface area contributed by atoms with Crippen molar-refractivity contribution in [2.75, 3.05) is 40.1 Å². The van der Waals surface area contributed by atoms with E-state index in [1.165, 1.54) is 7.11 Å². The van der Waals surface area contributed by atoms with Gasteiger partial charge in [-0.3, -0.25) is 4.18 Å². The minimum atomic E-state index is -4.66. The van der Waals surface area contributed by atoms with Crippen LogP contribution in [-0.2, 0) is 28.8 Å². The van der Waals surface area contributed by atoms with Crippen molar-refractivity contribution in [3.05, 3.63) is 12.7 Å². The monoisotopic (exact) mass is 269 g/mol. The molecule has 0 radical (unpaired) electrons. The molecule has 1 atom stereocenters. The molecule has 0 bridgehead atoms. The quantitative estimate of drug-likeness (QED) is 0.220. The van der Waals surface area contributed by atoms with Crippen molar-refractivity contribution < 1.29 is 31.4 Å². The molecule has 0 aliphatic rings. The van der Waals surface area contributed by atoms with E-state index in [2.05, 4.69) is 10.8 Å². The van der Waals surface area contributed by atoms with Gasteiger partial charge in [-0.25, -0.2) is 8.42 Å². The molecule has 0 aliphatic heterocycles. The summed E-state index contributed by atoms with van der Waals surface area (Å²) in [5.74, 6) is 0. The van der Waals surface area contributed by atoms with E-state index in [9.17, 15) is 13.0 Å². The minimum Gasteiger partial charge on any atom is -0.726 e. The molecule has 0 aromatic rings. The van der Waals surface area contributed by atoms with Gasteiger partial charge in [-0.2, -0.15) is 0 Å². The lowest BCUT2D eigenvalue weighted by molar-refractivity contribution is -0.0534. The maximum atomic E-state index is 10.1. The summed E-state index contributed by atoms with van der Waals surface area (Å²) in [5, 5.41) is 0. The van der Waals surface area contributed by atoms with E-state index in [0.29, 0.717) is 13.2 Å². The SMILES string of the molecule is C=CCOCC(COC)OCCOS(=O)(=O)[O-]. The first-order chi connectivity index (χ1) is 7.99. The highest BCUT2D eigenvalue weighted by atomic mass is 32.3. The van der Waals surface area contributed by atoms with Crippen molar-refractivity contribution in [1.82, 2.24) is 0 Å². The Morgan fingerprint density at radius 3 is 2.59 bits per heavy atom. The van der Waals surface area contributed by atoms with Crippen molar-refractivity contribution in [1.29, 1.82) is 0 Å². The summed E-state index contributed by atoms with van der Waals surface area (Å²) < 4.78 is 49.6. The highest BCUT2D eigenvalue weighted by Gasteiger charge is 2.09. The van der Waals surface area contributed by atoms with Crippen LogP contribution in [0.1, 0.15) is 0 Å². The Morgan fingerprint density at radius 2 is 2.06 bits per heavy atom. The molecule has 0 aliphatic carbocycles. The number of rotatable bonds is 11. The molecule has 17 heavy (non-hydrogen) atoms. The fraction of sp³-hybridized carbons (Fsp3) is 0.778. The average Bonchev–Trinajstić information content (AvgIpc) is 2.23. The van der Waals surface area contributed by atoms with Gasteiger partial charge in [0.05, 0.1) is 33.0 Å². The topological polar surface area (TPSA) is 94.1 Å². The lowest BCUT2D eigenvalue weighted by Crippen LogP contribution is -2.27. The van der Waals surface area contributed by atoms with E-state index < -0.39 is 10.4 Å². The third-order valence-electron chi connectivity index (χ3n) is 1.56. The Morgan fingerprint density at radius 1 is 1.35 bits per heavy atom. The molecular formula is C9H17O7S-. The van der Waals surface area contributed by atoms with Crippen LogP contribution in [0.15, 0.2) is 12.7 Å². The summed E-state index contributed by atoms with van der Waals surface area (Å²) >= 11 is 0. The summed E-state index contributed by atoms with van der Waals surface area (Å²) in [6.07, 6.45) is 1.25. The predicted molar refractivity (Wildman–Crippen MR) is 58.3 cm³/mol. The second-order valence-electron chi connectivity index (χ2n) is 3.00. The normalized spacial score (nSPS) is 13.5. The van der Waals surface area contributed by atoms with Crippen LogP contribution in [0.25, 0.3) is 0 Å². The summed E-state index contributed by atoms with van der Waals surface area (Å²) in [5.41, 5.74) is 0. The molecular weight excluding hydrogens is 252 g/mol. The van der Waals surface area contributed by atoms with E-state index in [0.717, 1.165) is 0 Å². The second kappa shape index (κ2) is 9.51. The molecule has 8 heteroatoms. The Kier molecular flexibility index (Phi) is 9.23. The number of ether oxygens (including phenoxy) is 3. The van der Waals surface area contributed by atoms with Crippen LogP contribution in [0.3, 0.4) is 0 Å². The molecule has 0 N–H and O–H groups in total. The maximum Gasteiger partial charge on any atom is 0.217 e. The van der Waals surface area contributed by atoms with Crippen LogP contribution in [0.2, 0.25) is 0 Å². The average molecular weight is 269 g/mol. The highest BCUT2D eigenvalue weighted by Crippen LogP contribution is 1.96. The molecule has 0 spiro atoms. The van der Waals surface area contributed by atoms with Crippen LogP contribution in [-0.4, -0.2) is 59.2 Å². The first-order valence-corrected chi connectivity index (χ1v) is 6.22. The van der Waals surface area contributed by atoms with Crippen molar-refractivity contribution in [3.63, 3.8) is 0 Å². The fourth-order valence-electron chi connectivity index (χ4n) is 0.964. The second-order valence-corrected chi connectivity index (χ2v) is 4.06. The van der Waals surface area contributed by atoms with Crippen molar-refractivity contribution >= 4 is 10.4 Å². The fourth-order valence-corrected chi connectivity index (χ4v) is 1.24. The van der Waals surface area contributed by atoms with Crippen molar-refractivity contribution in [2.45, 2.75) is 6.10 Å². The van der Waals surface area contributed by atoms with Gasteiger partial charge >= 0.3 is 0 Å². The van der Waals surface area contributed by atoms with Gasteiger partial charge in [0.2, 0.25) is 10.4 Å². The van der Waals surface area contributed by atoms with Crippen LogP contribution < -0.4 is 0 Å². The molecule has 0 fully saturated rings. The van der Waals surface area contributed by atoms with Crippen LogP contribution in [0, 0.1) is 0 Å². The molecule has 0 heterocycles. The molecule has 0 saturated carbocycles. The summed E-state index contributed by atoms with van der Waals surface area (Å²) in [6.45, 7) is 4.09. The zero-order valence-corrected chi connectivity index (χ0v) is 10.5. The van der Waals surface area contributed by atoms with Crippen molar-refractivity contribution in [3.8, 4) is 0 Å². The summed E-state index contributed by atoms with van der Waals surface area (Å²) in [6, 6.07) is 0. The zero-order chi connectivity index (χ0) is 13.1. The molecule has 1 unspecified atom stereocenters. The number of hydrogen-bond donors (Lipinski definition) is 0. The Balaban J connectivity index is 3.72. The Bertz CT molecular complexity index is 288. The van der Waals surface area contributed by atoms with E-state index in [-0.39, 0.29) is 25.9 Å². The van der Waals surface area contributed by atoms with Gasteiger partial charge in [-0.05, 0) is 0 Å². The largest absolute Gasteiger partial charge is 0.726 e. The van der Waals surface area contributed by atoms with Gasteiger partial charge in [0.15, 0.2) is 0 Å². The summed E-state index contributed by atoms with van der Waals surface area (Å²) in [4.78, 5) is 0. The predicted octanol–water partition coefficient (Wildman–Crippen LogP) is -0.303. The highest BCUT2D eigenvalue weighted by molar-refractivity contribution is 7.80. The molecule has 0 aromatic carbocycles. The van der Waals surface area contributed by atoms with Crippen LogP contribution >= 0.6 is 0 Å². The number of hydrogen-bond acceptors (Lipinski definition) is 7. The number of methoxy groups -OCH3 is 1. The molecule has 0 amide bonds. The molecule has 0 saturated heterocycles. The van der Waals surface area contributed by atoms with Crippen molar-refractivity contribution in [2.24, 2.45) is 0 Å². The van der Waals surface area contributed by atoms with Gasteiger partial charge in [0.25, 0.3) is 0 Å². The lowest BCUT2D eigenvalue weighted by atomic mass is 10.4. The van der Waals surface area contributed by atoms with Gasteiger partial charge < -0.3 is 18.8 Å². The molecule has 0 rings (SSSR count). The lowest BCUT2D eigenvalue weighted by Gasteiger charge is -2.17. The third kappa shape index (κ3) is 11.7. The van der Waals surface area contributed by atoms with E-state index in [1.807, 2.05) is 0 Å². The van der Waals surface area contributed by atoms with Gasteiger partial charge in [0.1, 0.15) is 6.10 Å². The minimum absolute atomic E-state index is 0.0348. The van der Waals surface area contributed by atoms with Crippen LogP contribution in [0.4, 0.5) is 0 Å². The molecule has 0 aromatic heterocycles. The smallest absolute Gasteiger partial charge is 0.217 e. The molecule has 102 valence electrons. The zero-order valence-electron chi connectivity index (χ0n) is 9.66. The molecule has 7 nitrogen and oxygen atoms in total. The summed E-state index contributed by atoms with van der Waals surface area (Å²) in [7, 11) is -3.16. The first kappa shape index (κ1) is 16.5. The Labute approximate surface area is 101 Å². The van der Waals surface area contributed by atoms with E-state index in [1.54, 1.807) is 6.08 Å². The standard InChI is InChI=1S/C9H18O7S/c1-3-4-14-8-9(7-13-2)15-5-6-16-17(10,11)12/h3,9H,1,4-8H2,2H3,(H,10,11,12)/p-1. The van der Waals surface area contributed by atoms with Crippen LogP contribution in [0.5, 0.6) is 0 Å². The van der Waals surface area contributed by atoms with Gasteiger partial charge in [-0.1, -0.05) is 6.08 Å². The third-order valence-corrected chi connectivity index (χ3v) is 2.01. The van der Waals surface area contributed by atoms with Gasteiger partial charge in [0, 0.05) is 7.11 Å². The first-order valence-electron chi connectivity index (χ1n) is 4.89. The maximum absolute atomic E-state index is 10.1.